The van der Waals surface area contributed by atoms with Gasteiger partial charge in [-0.3, -0.25) is 0 Å². The lowest BCUT2D eigenvalue weighted by molar-refractivity contribution is 0.0597. The lowest BCUT2D eigenvalue weighted by atomic mass is 10.1. The van der Waals surface area contributed by atoms with Crippen molar-refractivity contribution < 1.29 is 22.7 Å². The van der Waals surface area contributed by atoms with E-state index in [4.69, 9.17) is 4.74 Å². The lowest BCUT2D eigenvalue weighted by Gasteiger charge is -2.16. The van der Waals surface area contributed by atoms with Crippen LogP contribution in [0.3, 0.4) is 0 Å². The number of nitrogens with one attached hydrogen (secondary N) is 2. The van der Waals surface area contributed by atoms with Gasteiger partial charge in [0.25, 0.3) is 0 Å². The van der Waals surface area contributed by atoms with Crippen molar-refractivity contribution in [3.63, 3.8) is 0 Å². The third-order valence-corrected chi connectivity index (χ3v) is 6.05. The van der Waals surface area contributed by atoms with Crippen LogP contribution in [-0.4, -0.2) is 47.7 Å². The zero-order chi connectivity index (χ0) is 19.0. The van der Waals surface area contributed by atoms with E-state index in [0.717, 1.165) is 12.8 Å². The van der Waals surface area contributed by atoms with Gasteiger partial charge in [0.15, 0.2) is 0 Å². The second-order valence-corrected chi connectivity index (χ2v) is 8.16. The van der Waals surface area contributed by atoms with Gasteiger partial charge < -0.3 is 14.8 Å². The standard InChI is InChI=1S/C18H28N2O5S.ClH/c1-24-17-10-9-15(13-16(17)18(21)25-2)26(22,23)20-12-11-19-14-7-5-3-4-6-8-14;/h9-10,13-14,19-20H,3-8,11-12H2,1-2H3;1H. The molecule has 0 amide bonds. The monoisotopic (exact) mass is 420 g/mol. The van der Waals surface area contributed by atoms with Crippen molar-refractivity contribution in [3.8, 4) is 5.75 Å². The van der Waals surface area contributed by atoms with Gasteiger partial charge in [0.05, 0.1) is 19.1 Å². The van der Waals surface area contributed by atoms with Gasteiger partial charge in [0.1, 0.15) is 11.3 Å². The maximum Gasteiger partial charge on any atom is 0.341 e. The zero-order valence-corrected chi connectivity index (χ0v) is 17.5. The number of rotatable bonds is 8. The molecule has 2 N–H and O–H groups in total. The van der Waals surface area contributed by atoms with E-state index >= 15 is 0 Å². The molecular weight excluding hydrogens is 392 g/mol. The summed E-state index contributed by atoms with van der Waals surface area (Å²) in [4.78, 5) is 11.8. The number of halogens is 1. The molecule has 1 saturated carbocycles. The SMILES string of the molecule is COC(=O)c1cc(S(=O)(=O)NCCNC2CCCCCC2)ccc1OC.Cl. The number of carbonyl (C=O) groups excluding carboxylic acids is 1. The van der Waals surface area contributed by atoms with Crippen molar-refractivity contribution in [2.75, 3.05) is 27.3 Å². The molecule has 154 valence electrons. The molecule has 0 heterocycles. The summed E-state index contributed by atoms with van der Waals surface area (Å²) in [6.07, 6.45) is 7.31. The van der Waals surface area contributed by atoms with Gasteiger partial charge >= 0.3 is 5.97 Å². The predicted octanol–water partition coefficient (Wildman–Crippen LogP) is 2.49. The number of ether oxygens (including phenoxy) is 2. The van der Waals surface area contributed by atoms with Gasteiger partial charge in [-0.2, -0.15) is 0 Å². The van der Waals surface area contributed by atoms with E-state index in [-0.39, 0.29) is 28.6 Å². The summed E-state index contributed by atoms with van der Waals surface area (Å²) in [7, 11) is -1.07. The number of carbonyl (C=O) groups is 1. The van der Waals surface area contributed by atoms with Crippen LogP contribution >= 0.6 is 12.4 Å². The fraction of sp³-hybridized carbons (Fsp3) is 0.611. The van der Waals surface area contributed by atoms with Crippen molar-refractivity contribution >= 4 is 28.4 Å². The Bertz CT molecular complexity index is 704. The summed E-state index contributed by atoms with van der Waals surface area (Å²) in [6, 6.07) is 4.59. The number of hydrogen-bond donors (Lipinski definition) is 2. The lowest BCUT2D eigenvalue weighted by Crippen LogP contribution is -2.36. The Morgan fingerprint density at radius 1 is 1.11 bits per heavy atom. The van der Waals surface area contributed by atoms with Crippen LogP contribution in [0.2, 0.25) is 0 Å². The molecule has 0 spiro atoms. The van der Waals surface area contributed by atoms with Gasteiger partial charge in [-0.25, -0.2) is 17.9 Å². The Labute approximate surface area is 167 Å². The smallest absolute Gasteiger partial charge is 0.341 e. The molecule has 0 radical (unpaired) electrons. The summed E-state index contributed by atoms with van der Waals surface area (Å²) in [5, 5.41) is 3.42. The van der Waals surface area contributed by atoms with E-state index in [2.05, 4.69) is 14.8 Å². The Balaban J connectivity index is 0.00000364. The van der Waals surface area contributed by atoms with Crippen LogP contribution in [0, 0.1) is 0 Å². The molecule has 1 aromatic carbocycles. The summed E-state index contributed by atoms with van der Waals surface area (Å²) >= 11 is 0. The molecule has 0 atom stereocenters. The van der Waals surface area contributed by atoms with Gasteiger partial charge in [0.2, 0.25) is 10.0 Å². The van der Waals surface area contributed by atoms with Crippen molar-refractivity contribution in [1.29, 1.82) is 0 Å². The third kappa shape index (κ3) is 6.95. The van der Waals surface area contributed by atoms with Crippen LogP contribution < -0.4 is 14.8 Å². The van der Waals surface area contributed by atoms with Crippen LogP contribution in [0.4, 0.5) is 0 Å². The quantitative estimate of drug-likeness (QED) is 0.381. The molecule has 0 aliphatic heterocycles. The van der Waals surface area contributed by atoms with E-state index in [1.54, 1.807) is 0 Å². The molecule has 2 rings (SSSR count). The molecule has 27 heavy (non-hydrogen) atoms. The molecule has 1 aromatic rings. The van der Waals surface area contributed by atoms with Crippen LogP contribution in [0.15, 0.2) is 23.1 Å². The third-order valence-electron chi connectivity index (χ3n) is 4.59. The number of sulfonamides is 1. The first-order chi connectivity index (χ1) is 12.5. The van der Waals surface area contributed by atoms with Crippen molar-refractivity contribution in [2.45, 2.75) is 49.5 Å². The average molecular weight is 421 g/mol. The Kier molecular flexibility index (Phi) is 10.1. The molecule has 0 saturated heterocycles. The van der Waals surface area contributed by atoms with E-state index in [1.165, 1.54) is 58.1 Å². The normalized spacial score (nSPS) is 15.5. The van der Waals surface area contributed by atoms with Gasteiger partial charge in [-0.15, -0.1) is 12.4 Å². The van der Waals surface area contributed by atoms with Gasteiger partial charge in [-0.1, -0.05) is 25.7 Å². The van der Waals surface area contributed by atoms with Crippen LogP contribution in [0.1, 0.15) is 48.9 Å². The van der Waals surface area contributed by atoms with Crippen molar-refractivity contribution in [1.82, 2.24) is 10.0 Å². The minimum absolute atomic E-state index is 0. The molecular formula is C18H29ClN2O5S. The topological polar surface area (TPSA) is 93.7 Å². The predicted molar refractivity (Wildman–Crippen MR) is 106 cm³/mol. The molecule has 0 unspecified atom stereocenters. The second-order valence-electron chi connectivity index (χ2n) is 6.39. The first-order valence-corrected chi connectivity index (χ1v) is 10.5. The number of benzene rings is 1. The van der Waals surface area contributed by atoms with E-state index in [9.17, 15) is 13.2 Å². The maximum atomic E-state index is 12.5. The largest absolute Gasteiger partial charge is 0.496 e. The van der Waals surface area contributed by atoms with Crippen molar-refractivity contribution in [2.24, 2.45) is 0 Å². The molecule has 1 aliphatic carbocycles. The van der Waals surface area contributed by atoms with Gasteiger partial charge in [0, 0.05) is 19.1 Å². The summed E-state index contributed by atoms with van der Waals surface area (Å²) in [6.45, 7) is 0.863. The minimum Gasteiger partial charge on any atom is -0.496 e. The number of hydrogen-bond acceptors (Lipinski definition) is 6. The molecule has 1 fully saturated rings. The first kappa shape index (κ1) is 23.7. The summed E-state index contributed by atoms with van der Waals surface area (Å²) < 4.78 is 37.3. The summed E-state index contributed by atoms with van der Waals surface area (Å²) in [5.74, 6) is -0.375. The van der Waals surface area contributed by atoms with Gasteiger partial charge in [-0.05, 0) is 31.0 Å². The first-order valence-electron chi connectivity index (χ1n) is 8.97. The minimum atomic E-state index is -3.71. The van der Waals surface area contributed by atoms with E-state index in [0.29, 0.717) is 19.1 Å². The molecule has 7 nitrogen and oxygen atoms in total. The second kappa shape index (κ2) is 11.5. The van der Waals surface area contributed by atoms with Crippen LogP contribution in [0.5, 0.6) is 5.75 Å². The zero-order valence-electron chi connectivity index (χ0n) is 15.8. The highest BCUT2D eigenvalue weighted by molar-refractivity contribution is 7.89. The Morgan fingerprint density at radius 3 is 2.37 bits per heavy atom. The van der Waals surface area contributed by atoms with Crippen LogP contribution in [0.25, 0.3) is 0 Å². The fourth-order valence-electron chi connectivity index (χ4n) is 3.15. The number of esters is 1. The molecule has 0 aromatic heterocycles. The highest BCUT2D eigenvalue weighted by Crippen LogP contribution is 2.23. The molecule has 0 bridgehead atoms. The van der Waals surface area contributed by atoms with Crippen molar-refractivity contribution in [3.05, 3.63) is 23.8 Å². The average Bonchev–Trinajstić information content (AvgIpc) is 2.93. The van der Waals surface area contributed by atoms with E-state index < -0.39 is 16.0 Å². The Morgan fingerprint density at radius 2 is 1.78 bits per heavy atom. The van der Waals surface area contributed by atoms with Crippen LogP contribution in [-0.2, 0) is 14.8 Å². The maximum absolute atomic E-state index is 12.5. The molecule has 9 heteroatoms. The Hall–Kier alpha value is -1.35. The molecule has 1 aliphatic rings. The highest BCUT2D eigenvalue weighted by atomic mass is 35.5. The fourth-order valence-corrected chi connectivity index (χ4v) is 4.21. The number of methoxy groups -OCH3 is 2. The van der Waals surface area contributed by atoms with E-state index in [1.807, 2.05) is 0 Å². The summed E-state index contributed by atoms with van der Waals surface area (Å²) in [5.41, 5.74) is 0.0782. The highest BCUT2D eigenvalue weighted by Gasteiger charge is 2.20.